The summed E-state index contributed by atoms with van der Waals surface area (Å²) >= 11 is 0. The molecular formula is C42H40N4O2Pt. The Morgan fingerprint density at radius 3 is 2.45 bits per heavy atom. The van der Waals surface area contributed by atoms with Crippen LogP contribution in [0.5, 0.6) is 17.2 Å². The minimum absolute atomic E-state index is 0. The molecule has 0 saturated carbocycles. The molecule has 7 aromatic rings. The van der Waals surface area contributed by atoms with Crippen LogP contribution in [0.15, 0.2) is 97.2 Å². The molecule has 0 saturated heterocycles. The van der Waals surface area contributed by atoms with E-state index in [1.807, 2.05) is 54.1 Å². The second kappa shape index (κ2) is 14.8. The van der Waals surface area contributed by atoms with Gasteiger partial charge in [0.25, 0.3) is 0 Å². The molecule has 0 aliphatic heterocycles. The molecule has 3 aromatic heterocycles. The van der Waals surface area contributed by atoms with E-state index in [1.54, 1.807) is 13.3 Å². The standard InChI is InChI=1S/C42H40N4O2.Pt/c1-6-7-9-13-28(2)32-18-21-39-38(24-32)37-20-19-36(26-40(37)45(39)41-27-34(47-5)22-23-43-41)48-35-17-12-16-33(25-35)46-30(4)42(29(3)44-46)31-14-10-8-11-15-31;/h8,10-12,14-24,27-28H,6-7,9,13H2,1-5H3;/q-2;+2. The monoisotopic (exact) mass is 827 g/mol. The molecule has 0 amide bonds. The van der Waals surface area contributed by atoms with Gasteiger partial charge in [0.1, 0.15) is 11.6 Å². The minimum Gasteiger partial charge on any atom is -0.509 e. The van der Waals surface area contributed by atoms with Crippen LogP contribution in [0.25, 0.3) is 44.4 Å². The molecule has 0 spiro atoms. The normalized spacial score (nSPS) is 11.9. The fourth-order valence-electron chi connectivity index (χ4n) is 6.70. The Balaban J connectivity index is 0.00000417. The topological polar surface area (TPSA) is 54.1 Å². The number of rotatable bonds is 11. The molecule has 250 valence electrons. The molecule has 0 aliphatic carbocycles. The maximum absolute atomic E-state index is 6.45. The summed E-state index contributed by atoms with van der Waals surface area (Å²) in [5.74, 6) is 3.17. The van der Waals surface area contributed by atoms with Crippen LogP contribution < -0.4 is 9.47 Å². The Labute approximate surface area is 303 Å². The summed E-state index contributed by atoms with van der Waals surface area (Å²) in [5.41, 5.74) is 8.41. The van der Waals surface area contributed by atoms with E-state index < -0.39 is 0 Å². The average Bonchev–Trinajstić information content (AvgIpc) is 3.60. The number of aryl methyl sites for hydroxylation is 1. The van der Waals surface area contributed by atoms with Crippen LogP contribution in [0.2, 0.25) is 0 Å². The van der Waals surface area contributed by atoms with Crippen LogP contribution in [0.3, 0.4) is 0 Å². The zero-order valence-corrected chi connectivity index (χ0v) is 30.8. The number of aromatic nitrogens is 4. The molecule has 49 heavy (non-hydrogen) atoms. The number of ether oxygens (including phenoxy) is 2. The van der Waals surface area contributed by atoms with E-state index in [4.69, 9.17) is 19.6 Å². The molecule has 7 heteroatoms. The van der Waals surface area contributed by atoms with Gasteiger partial charge < -0.3 is 14.0 Å². The number of pyridine rings is 1. The van der Waals surface area contributed by atoms with Crippen molar-refractivity contribution < 1.29 is 30.5 Å². The molecule has 0 fully saturated rings. The molecule has 0 N–H and O–H groups in total. The van der Waals surface area contributed by atoms with Crippen LogP contribution in [0.1, 0.15) is 62.4 Å². The molecule has 1 unspecified atom stereocenters. The quantitative estimate of drug-likeness (QED) is 0.0963. The molecule has 3 heterocycles. The van der Waals surface area contributed by atoms with E-state index in [1.165, 1.54) is 36.6 Å². The van der Waals surface area contributed by atoms with E-state index in [2.05, 4.69) is 86.0 Å². The first-order valence-electron chi connectivity index (χ1n) is 16.8. The fourth-order valence-corrected chi connectivity index (χ4v) is 6.70. The minimum atomic E-state index is 0. The van der Waals surface area contributed by atoms with Gasteiger partial charge in [0.05, 0.1) is 12.8 Å². The first kappa shape index (κ1) is 34.2. The average molecular weight is 828 g/mol. The Kier molecular flexibility index (Phi) is 10.4. The summed E-state index contributed by atoms with van der Waals surface area (Å²) in [4.78, 5) is 4.74. The van der Waals surface area contributed by atoms with Gasteiger partial charge in [0, 0.05) is 40.5 Å². The van der Waals surface area contributed by atoms with Crippen molar-refractivity contribution in [3.8, 4) is 39.9 Å². The fraction of sp³-hybridized carbons (Fsp3) is 0.238. The largest absolute Gasteiger partial charge is 2.00 e. The second-order valence-electron chi connectivity index (χ2n) is 12.5. The van der Waals surface area contributed by atoms with Gasteiger partial charge in [-0.25, -0.2) is 4.98 Å². The molecule has 0 aliphatic rings. The Morgan fingerprint density at radius 2 is 1.65 bits per heavy atom. The van der Waals surface area contributed by atoms with E-state index in [0.717, 1.165) is 56.2 Å². The van der Waals surface area contributed by atoms with Gasteiger partial charge in [0.15, 0.2) is 0 Å². The van der Waals surface area contributed by atoms with Crippen LogP contribution in [0, 0.1) is 26.0 Å². The third-order valence-electron chi connectivity index (χ3n) is 9.22. The van der Waals surface area contributed by atoms with E-state index in [9.17, 15) is 0 Å². The van der Waals surface area contributed by atoms with Crippen LogP contribution in [-0.2, 0) is 21.1 Å². The van der Waals surface area contributed by atoms with Crippen molar-refractivity contribution in [1.82, 2.24) is 19.3 Å². The molecule has 7 rings (SSSR count). The van der Waals surface area contributed by atoms with Crippen molar-refractivity contribution in [2.45, 2.75) is 59.3 Å². The van der Waals surface area contributed by atoms with Crippen molar-refractivity contribution >= 4 is 21.8 Å². The van der Waals surface area contributed by atoms with Gasteiger partial charge in [-0.15, -0.1) is 35.7 Å². The number of unbranched alkanes of at least 4 members (excludes halogenated alkanes) is 2. The summed E-state index contributed by atoms with van der Waals surface area (Å²) in [6.45, 7) is 8.72. The first-order chi connectivity index (χ1) is 23.4. The van der Waals surface area contributed by atoms with Crippen molar-refractivity contribution in [2.24, 2.45) is 0 Å². The van der Waals surface area contributed by atoms with Crippen molar-refractivity contribution in [3.05, 3.63) is 126 Å². The smallest absolute Gasteiger partial charge is 0.509 e. The van der Waals surface area contributed by atoms with Gasteiger partial charge in [-0.1, -0.05) is 81.1 Å². The predicted octanol–water partition coefficient (Wildman–Crippen LogP) is 10.7. The molecular weight excluding hydrogens is 788 g/mol. The second-order valence-corrected chi connectivity index (χ2v) is 12.5. The molecule has 6 nitrogen and oxygen atoms in total. The molecule has 0 radical (unpaired) electrons. The summed E-state index contributed by atoms with van der Waals surface area (Å²) < 4.78 is 16.1. The Bertz CT molecular complexity index is 2220. The van der Waals surface area contributed by atoms with Crippen molar-refractivity contribution in [3.63, 3.8) is 0 Å². The Morgan fingerprint density at radius 1 is 0.837 bits per heavy atom. The van der Waals surface area contributed by atoms with E-state index in [-0.39, 0.29) is 21.1 Å². The van der Waals surface area contributed by atoms with E-state index in [0.29, 0.717) is 17.4 Å². The van der Waals surface area contributed by atoms with Crippen LogP contribution in [-0.4, -0.2) is 26.4 Å². The predicted molar refractivity (Wildman–Crippen MR) is 194 cm³/mol. The van der Waals surface area contributed by atoms with Gasteiger partial charge >= 0.3 is 21.1 Å². The summed E-state index contributed by atoms with van der Waals surface area (Å²) in [6, 6.07) is 38.0. The number of fused-ring (bicyclic) bond motifs is 3. The van der Waals surface area contributed by atoms with Crippen molar-refractivity contribution in [2.75, 3.05) is 7.11 Å². The summed E-state index contributed by atoms with van der Waals surface area (Å²) in [5, 5.41) is 7.14. The molecule has 4 aromatic carbocycles. The van der Waals surface area contributed by atoms with Crippen molar-refractivity contribution in [1.29, 1.82) is 0 Å². The number of hydrogen-bond donors (Lipinski definition) is 0. The third kappa shape index (κ3) is 6.80. The van der Waals surface area contributed by atoms with Gasteiger partial charge in [-0.05, 0) is 60.5 Å². The zero-order chi connectivity index (χ0) is 33.2. The first-order valence-corrected chi connectivity index (χ1v) is 16.8. The maximum Gasteiger partial charge on any atom is 2.00 e. The SMILES string of the molecule is CCCCCC(C)c1ccc2c(c1)c1ccc(Oc3[c-]c(-n4nc(C)c(-c5ccccc5)c4C)ccc3)[c-]c1n2-c1cc(OC)ccn1.[Pt+2]. The van der Waals surface area contributed by atoms with Crippen LogP contribution in [0.4, 0.5) is 0 Å². The number of methoxy groups -OCH3 is 1. The molecule has 1 atom stereocenters. The third-order valence-corrected chi connectivity index (χ3v) is 9.22. The van der Waals surface area contributed by atoms with Gasteiger partial charge in [0.2, 0.25) is 0 Å². The van der Waals surface area contributed by atoms with E-state index >= 15 is 0 Å². The van der Waals surface area contributed by atoms with Gasteiger partial charge in [-0.3, -0.25) is 4.68 Å². The summed E-state index contributed by atoms with van der Waals surface area (Å²) in [6.07, 6.45) is 6.69. The molecule has 0 bridgehead atoms. The number of nitrogens with zero attached hydrogens (tertiary/aromatic N) is 4. The number of benzene rings is 4. The summed E-state index contributed by atoms with van der Waals surface area (Å²) in [7, 11) is 1.68. The maximum atomic E-state index is 6.45. The zero-order valence-electron chi connectivity index (χ0n) is 28.6. The number of hydrogen-bond acceptors (Lipinski definition) is 4. The van der Waals surface area contributed by atoms with Gasteiger partial charge in [-0.2, -0.15) is 17.2 Å². The Hall–Kier alpha value is -4.67. The van der Waals surface area contributed by atoms with Crippen LogP contribution >= 0.6 is 0 Å².